The van der Waals surface area contributed by atoms with E-state index in [9.17, 15) is 9.90 Å². The third-order valence-corrected chi connectivity index (χ3v) is 5.25. The molecule has 3 aromatic rings. The maximum absolute atomic E-state index is 9.92. The first-order chi connectivity index (χ1) is 17.9. The molecule has 0 fully saturated rings. The lowest BCUT2D eigenvalue weighted by Gasteiger charge is -2.06. The van der Waals surface area contributed by atoms with Crippen molar-refractivity contribution in [2.24, 2.45) is 5.73 Å². The van der Waals surface area contributed by atoms with E-state index in [1.165, 1.54) is 11.1 Å². The predicted molar refractivity (Wildman–Crippen MR) is 160 cm³/mol. The van der Waals surface area contributed by atoms with Crippen molar-refractivity contribution in [3.8, 4) is 5.75 Å². The summed E-state index contributed by atoms with van der Waals surface area (Å²) in [6.45, 7) is 8.05. The molecule has 0 radical (unpaired) electrons. The van der Waals surface area contributed by atoms with E-state index < -0.39 is 0 Å². The highest BCUT2D eigenvalue weighted by Crippen LogP contribution is 2.20. The second-order valence-corrected chi connectivity index (χ2v) is 8.07. The smallest absolute Gasteiger partial charge is 0.211 e. The molecule has 4 N–H and O–H groups in total. The molecule has 0 aliphatic heterocycles. The van der Waals surface area contributed by atoms with Gasteiger partial charge in [-0.05, 0) is 91.1 Å². The van der Waals surface area contributed by atoms with Gasteiger partial charge >= 0.3 is 0 Å². The third-order valence-electron chi connectivity index (χ3n) is 5.00. The molecule has 0 aliphatic rings. The van der Waals surface area contributed by atoms with Crippen LogP contribution < -0.4 is 11.1 Å². The van der Waals surface area contributed by atoms with E-state index in [1.54, 1.807) is 36.4 Å². The van der Waals surface area contributed by atoms with Gasteiger partial charge in [0.2, 0.25) is 6.41 Å². The van der Waals surface area contributed by atoms with E-state index in [1.807, 2.05) is 64.1 Å². The van der Waals surface area contributed by atoms with Gasteiger partial charge in [-0.3, -0.25) is 4.79 Å². The molecular formula is C32H37ClN2O2. The topological polar surface area (TPSA) is 75.3 Å². The molecule has 0 atom stereocenters. The summed E-state index contributed by atoms with van der Waals surface area (Å²) in [4.78, 5) is 9.92. The molecule has 3 aromatic carbocycles. The monoisotopic (exact) mass is 516 g/mol. The summed E-state index contributed by atoms with van der Waals surface area (Å²) < 4.78 is 0. The second kappa shape index (κ2) is 18.3. The molecule has 0 saturated heterocycles. The van der Waals surface area contributed by atoms with E-state index in [4.69, 9.17) is 17.3 Å². The summed E-state index contributed by atoms with van der Waals surface area (Å²) in [5, 5.41) is 12.5. The number of aromatic hydroxyl groups is 1. The van der Waals surface area contributed by atoms with Gasteiger partial charge in [-0.15, -0.1) is 0 Å². The van der Waals surface area contributed by atoms with Crippen LogP contribution in [0.3, 0.4) is 0 Å². The number of benzene rings is 3. The number of carbonyl (C=O) groups is 1. The largest absolute Gasteiger partial charge is 0.508 e. The number of hydrogen-bond donors (Lipinski definition) is 3. The Morgan fingerprint density at radius 2 is 1.57 bits per heavy atom. The Kier molecular flexibility index (Phi) is 15.3. The first-order valence-electron chi connectivity index (χ1n) is 12.2. The summed E-state index contributed by atoms with van der Waals surface area (Å²) >= 11 is 5.60. The van der Waals surface area contributed by atoms with Crippen molar-refractivity contribution in [1.29, 1.82) is 0 Å². The van der Waals surface area contributed by atoms with Crippen molar-refractivity contribution < 1.29 is 9.90 Å². The predicted octanol–water partition coefficient (Wildman–Crippen LogP) is 8.62. The number of amides is 1. The standard InChI is InChI=1S/C23H25NO.C7H6ClNO.C2H6/c1-3-9-19(20-11-5-4-6-12-20)13-8-7-10-18(2)23(24)21-14-16-22(25)17-15-21;8-6-1-3-7(4-2-6)9-5-10;1-2/h3-9,11-17,25H,10,24H2,1-2H3;1-5H,(H,9,10);1-2H3/b8-7+,9-3-,19-13+,23-18+;;. The van der Waals surface area contributed by atoms with Crippen molar-refractivity contribution in [3.63, 3.8) is 0 Å². The van der Waals surface area contributed by atoms with Gasteiger partial charge in [-0.1, -0.05) is 86.2 Å². The summed E-state index contributed by atoms with van der Waals surface area (Å²) in [6, 6.07) is 24.2. The van der Waals surface area contributed by atoms with E-state index in [2.05, 4.69) is 41.8 Å². The van der Waals surface area contributed by atoms with E-state index in [0.29, 0.717) is 11.4 Å². The molecule has 5 heteroatoms. The van der Waals surface area contributed by atoms with E-state index in [0.717, 1.165) is 28.9 Å². The van der Waals surface area contributed by atoms with Crippen LogP contribution in [0, 0.1) is 0 Å². The Morgan fingerprint density at radius 3 is 2.14 bits per heavy atom. The Bertz CT molecular complexity index is 1180. The van der Waals surface area contributed by atoms with Crippen LogP contribution in [0.1, 0.15) is 45.2 Å². The number of hydrogen-bond acceptors (Lipinski definition) is 3. The van der Waals surface area contributed by atoms with Crippen molar-refractivity contribution in [2.45, 2.75) is 34.1 Å². The van der Waals surface area contributed by atoms with Gasteiger partial charge in [0.1, 0.15) is 5.75 Å². The summed E-state index contributed by atoms with van der Waals surface area (Å²) in [7, 11) is 0. The van der Waals surface area contributed by atoms with Crippen LogP contribution in [-0.2, 0) is 4.79 Å². The number of allylic oxidation sites excluding steroid dienone is 7. The number of halogens is 1. The van der Waals surface area contributed by atoms with E-state index >= 15 is 0 Å². The fourth-order valence-corrected chi connectivity index (χ4v) is 3.21. The minimum atomic E-state index is 0.247. The van der Waals surface area contributed by atoms with Gasteiger partial charge in [0, 0.05) is 16.4 Å². The van der Waals surface area contributed by atoms with Crippen LogP contribution >= 0.6 is 11.6 Å². The van der Waals surface area contributed by atoms with Gasteiger partial charge in [0.05, 0.1) is 0 Å². The number of carbonyl (C=O) groups excluding carboxylic acids is 1. The van der Waals surface area contributed by atoms with Gasteiger partial charge < -0.3 is 16.2 Å². The average molecular weight is 517 g/mol. The number of nitrogens with one attached hydrogen (secondary N) is 1. The molecule has 0 bridgehead atoms. The molecule has 0 heterocycles. The van der Waals surface area contributed by atoms with Crippen molar-refractivity contribution in [2.75, 3.05) is 5.32 Å². The fourth-order valence-electron chi connectivity index (χ4n) is 3.09. The molecule has 0 aromatic heterocycles. The fraction of sp³-hybridized carbons (Fsp3) is 0.156. The van der Waals surface area contributed by atoms with Crippen LogP contribution in [0.25, 0.3) is 11.3 Å². The maximum atomic E-state index is 9.92. The first kappa shape index (κ1) is 31.0. The van der Waals surface area contributed by atoms with Crippen LogP contribution in [0.4, 0.5) is 5.69 Å². The Labute approximate surface area is 226 Å². The van der Waals surface area contributed by atoms with Gasteiger partial charge in [-0.25, -0.2) is 0 Å². The molecule has 194 valence electrons. The number of rotatable bonds is 8. The normalized spacial score (nSPS) is 11.6. The number of phenols is 1. The molecule has 1 amide bonds. The highest BCUT2D eigenvalue weighted by Gasteiger charge is 2.01. The van der Waals surface area contributed by atoms with Gasteiger partial charge in [-0.2, -0.15) is 0 Å². The molecule has 0 unspecified atom stereocenters. The number of nitrogens with two attached hydrogens (primary N) is 1. The lowest BCUT2D eigenvalue weighted by atomic mass is 10.0. The summed E-state index contributed by atoms with van der Waals surface area (Å²) in [5.41, 5.74) is 12.1. The molecule has 0 saturated carbocycles. The Hall–Kier alpha value is -4.02. The molecule has 37 heavy (non-hydrogen) atoms. The molecule has 4 nitrogen and oxygen atoms in total. The highest BCUT2D eigenvalue weighted by molar-refractivity contribution is 6.30. The Morgan fingerprint density at radius 1 is 0.946 bits per heavy atom. The lowest BCUT2D eigenvalue weighted by Crippen LogP contribution is -1.99. The van der Waals surface area contributed by atoms with Crippen LogP contribution in [-0.4, -0.2) is 11.5 Å². The minimum Gasteiger partial charge on any atom is -0.508 e. The zero-order chi connectivity index (χ0) is 27.5. The van der Waals surface area contributed by atoms with Crippen LogP contribution in [0.5, 0.6) is 5.75 Å². The minimum absolute atomic E-state index is 0.247. The zero-order valence-electron chi connectivity index (χ0n) is 22.0. The van der Waals surface area contributed by atoms with Crippen molar-refractivity contribution in [1.82, 2.24) is 0 Å². The maximum Gasteiger partial charge on any atom is 0.211 e. The van der Waals surface area contributed by atoms with E-state index in [-0.39, 0.29) is 5.75 Å². The highest BCUT2D eigenvalue weighted by atomic mass is 35.5. The third kappa shape index (κ3) is 12.0. The van der Waals surface area contributed by atoms with Gasteiger partial charge in [0.15, 0.2) is 0 Å². The summed E-state index contributed by atoms with van der Waals surface area (Å²) in [6.07, 6.45) is 11.8. The zero-order valence-corrected chi connectivity index (χ0v) is 22.7. The molecule has 0 aliphatic carbocycles. The second-order valence-electron chi connectivity index (χ2n) is 7.63. The SMILES string of the molecule is CC.C\C=C/C(=C\C=C\C/C(C)=C(/N)c1ccc(O)cc1)c1ccccc1.O=CNc1ccc(Cl)cc1. The van der Waals surface area contributed by atoms with Crippen LogP contribution in [0.2, 0.25) is 5.02 Å². The molecular weight excluding hydrogens is 480 g/mol. The first-order valence-corrected chi connectivity index (χ1v) is 12.6. The van der Waals surface area contributed by atoms with Crippen molar-refractivity contribution >= 4 is 35.0 Å². The number of anilines is 1. The summed E-state index contributed by atoms with van der Waals surface area (Å²) in [5.74, 6) is 0.247. The van der Waals surface area contributed by atoms with Crippen LogP contribution in [0.15, 0.2) is 115 Å². The number of phenolic OH excluding ortho intramolecular Hbond substituents is 1. The molecule has 3 rings (SSSR count). The Balaban J connectivity index is 0.000000475. The average Bonchev–Trinajstić information content (AvgIpc) is 2.93. The lowest BCUT2D eigenvalue weighted by molar-refractivity contribution is -0.105. The molecule has 0 spiro atoms. The van der Waals surface area contributed by atoms with Gasteiger partial charge in [0.25, 0.3) is 0 Å². The van der Waals surface area contributed by atoms with Crippen molar-refractivity contribution in [3.05, 3.63) is 131 Å². The quantitative estimate of drug-likeness (QED) is 0.207.